The number of rotatable bonds is 6. The van der Waals surface area contributed by atoms with Crippen molar-refractivity contribution in [3.63, 3.8) is 0 Å². The normalized spacial score (nSPS) is 21.4. The molecule has 2 aliphatic heterocycles. The minimum atomic E-state index is -3.08. The van der Waals surface area contributed by atoms with Crippen LogP contribution in [0.25, 0.3) is 10.2 Å². The van der Waals surface area contributed by atoms with Gasteiger partial charge in [-0.2, -0.15) is 0 Å². The van der Waals surface area contributed by atoms with Crippen LogP contribution >= 0.6 is 11.3 Å². The summed E-state index contributed by atoms with van der Waals surface area (Å²) in [4.78, 5) is 24.4. The van der Waals surface area contributed by atoms with Gasteiger partial charge in [0, 0.05) is 31.9 Å². The molecule has 2 aromatic carbocycles. The second kappa shape index (κ2) is 9.50. The first-order valence-electron chi connectivity index (χ1n) is 11.3. The van der Waals surface area contributed by atoms with Crippen LogP contribution in [0.3, 0.4) is 0 Å². The Morgan fingerprint density at radius 2 is 1.70 bits per heavy atom. The lowest BCUT2D eigenvalue weighted by Gasteiger charge is -2.36. The van der Waals surface area contributed by atoms with Crippen LogP contribution < -0.4 is 4.90 Å². The molecule has 7 nitrogen and oxygen atoms in total. The summed E-state index contributed by atoms with van der Waals surface area (Å²) in [5.41, 5.74) is 1.83. The molecular weight excluding hydrogens is 456 g/mol. The predicted molar refractivity (Wildman–Crippen MR) is 132 cm³/mol. The molecule has 9 heteroatoms. The fourth-order valence-corrected chi connectivity index (χ4v) is 7.39. The number of anilines is 1. The first-order valence-corrected chi connectivity index (χ1v) is 14.0. The van der Waals surface area contributed by atoms with E-state index in [1.807, 2.05) is 48.5 Å². The Hall–Kier alpha value is -2.33. The van der Waals surface area contributed by atoms with Crippen molar-refractivity contribution in [3.05, 3.63) is 59.6 Å². The first-order chi connectivity index (χ1) is 16.0. The van der Waals surface area contributed by atoms with Gasteiger partial charge in [0.1, 0.15) is 5.01 Å². The second-order valence-electron chi connectivity index (χ2n) is 8.78. The van der Waals surface area contributed by atoms with Crippen molar-refractivity contribution in [2.75, 3.05) is 49.1 Å². The molecule has 2 aliphatic rings. The second-order valence-corrected chi connectivity index (χ2v) is 12.1. The Kier molecular flexibility index (Phi) is 6.47. The maximum atomic E-state index is 13.3. The molecule has 0 unspecified atom stereocenters. The molecule has 1 aromatic heterocycles. The number of amides is 1. The summed E-state index contributed by atoms with van der Waals surface area (Å²) in [7, 11) is -3.08. The molecule has 0 N–H and O–H groups in total. The van der Waals surface area contributed by atoms with Gasteiger partial charge in [-0.1, -0.05) is 30.3 Å². The van der Waals surface area contributed by atoms with Crippen molar-refractivity contribution in [3.8, 4) is 0 Å². The Balaban J connectivity index is 1.20. The van der Waals surface area contributed by atoms with Crippen LogP contribution in [0.15, 0.2) is 54.6 Å². The zero-order valence-electron chi connectivity index (χ0n) is 18.5. The zero-order valence-corrected chi connectivity index (χ0v) is 20.1. The molecular formula is C24H28N4O3S2. The van der Waals surface area contributed by atoms with E-state index >= 15 is 0 Å². The molecule has 1 amide bonds. The van der Waals surface area contributed by atoms with Gasteiger partial charge < -0.3 is 4.90 Å². The average molecular weight is 485 g/mol. The smallest absolute Gasteiger partial charge is 0.241 e. The van der Waals surface area contributed by atoms with E-state index in [0.29, 0.717) is 13.0 Å². The Morgan fingerprint density at radius 3 is 2.39 bits per heavy atom. The molecule has 5 rings (SSSR count). The highest BCUT2D eigenvalue weighted by Gasteiger charge is 2.36. The topological polar surface area (TPSA) is 73.8 Å². The first kappa shape index (κ1) is 22.5. The Morgan fingerprint density at radius 1 is 1.00 bits per heavy atom. The lowest BCUT2D eigenvalue weighted by atomic mass is 10.1. The van der Waals surface area contributed by atoms with Gasteiger partial charge in [0.25, 0.3) is 0 Å². The molecule has 174 valence electrons. The van der Waals surface area contributed by atoms with E-state index in [2.05, 4.69) is 15.9 Å². The number of para-hydroxylation sites is 2. The number of fused-ring (bicyclic) bond motifs is 1. The van der Waals surface area contributed by atoms with Gasteiger partial charge >= 0.3 is 0 Å². The van der Waals surface area contributed by atoms with E-state index in [1.165, 1.54) is 4.70 Å². The standard InChI is InChI=1S/C24H28N4O3S2/c29-24(28(19-6-2-1-3-7-19)20-10-15-33(30,31)18-20)17-27-13-11-26(12-14-27)16-23-25-21-8-4-5-9-22(21)32-23/h1-9,20H,10-18H2/t20-/m0/s1. The maximum Gasteiger partial charge on any atom is 0.241 e. The number of aromatic nitrogens is 1. The minimum absolute atomic E-state index is 0.0251. The Labute approximate surface area is 198 Å². The SMILES string of the molecule is O=C(CN1CCN(Cc2nc3ccccc3s2)CC1)N(c1ccccc1)[C@H]1CCS(=O)(=O)C1. The third-order valence-corrected chi connectivity index (χ3v) is 9.17. The lowest BCUT2D eigenvalue weighted by molar-refractivity contribution is -0.120. The van der Waals surface area contributed by atoms with Crippen LogP contribution in [0, 0.1) is 0 Å². The molecule has 2 saturated heterocycles. The van der Waals surface area contributed by atoms with Gasteiger partial charge in [0.2, 0.25) is 5.91 Å². The summed E-state index contributed by atoms with van der Waals surface area (Å²) < 4.78 is 25.4. The summed E-state index contributed by atoms with van der Waals surface area (Å²) in [6.07, 6.45) is 0.499. The molecule has 33 heavy (non-hydrogen) atoms. The van der Waals surface area contributed by atoms with Gasteiger partial charge in [-0.3, -0.25) is 14.6 Å². The van der Waals surface area contributed by atoms with Crippen molar-refractivity contribution < 1.29 is 13.2 Å². The quantitative estimate of drug-likeness (QED) is 0.536. The zero-order chi connectivity index (χ0) is 22.8. The van der Waals surface area contributed by atoms with Crippen LogP contribution in [0.1, 0.15) is 11.4 Å². The molecule has 3 heterocycles. The molecule has 0 aliphatic carbocycles. The van der Waals surface area contributed by atoms with Crippen molar-refractivity contribution >= 4 is 43.0 Å². The van der Waals surface area contributed by atoms with Crippen LogP contribution in [0.5, 0.6) is 0 Å². The van der Waals surface area contributed by atoms with Crippen LogP contribution in [0.2, 0.25) is 0 Å². The monoisotopic (exact) mass is 484 g/mol. The molecule has 2 fully saturated rings. The van der Waals surface area contributed by atoms with Crippen molar-refractivity contribution in [2.45, 2.75) is 19.0 Å². The third-order valence-electron chi connectivity index (χ3n) is 6.40. The van der Waals surface area contributed by atoms with Gasteiger partial charge in [0.05, 0.1) is 40.9 Å². The number of thiazole rings is 1. The highest BCUT2D eigenvalue weighted by Crippen LogP contribution is 2.26. The van der Waals surface area contributed by atoms with E-state index < -0.39 is 9.84 Å². The van der Waals surface area contributed by atoms with E-state index in [4.69, 9.17) is 4.98 Å². The van der Waals surface area contributed by atoms with Gasteiger partial charge in [-0.25, -0.2) is 13.4 Å². The van der Waals surface area contributed by atoms with E-state index in [1.54, 1.807) is 16.2 Å². The molecule has 0 spiro atoms. The van der Waals surface area contributed by atoms with E-state index in [9.17, 15) is 13.2 Å². The summed E-state index contributed by atoms with van der Waals surface area (Å²) in [5, 5.41) is 1.12. The number of nitrogens with zero attached hydrogens (tertiary/aromatic N) is 4. The lowest BCUT2D eigenvalue weighted by Crippen LogP contribution is -2.51. The van der Waals surface area contributed by atoms with Crippen molar-refractivity contribution in [2.24, 2.45) is 0 Å². The average Bonchev–Trinajstić information content (AvgIpc) is 3.38. The number of carbonyl (C=O) groups is 1. The van der Waals surface area contributed by atoms with Gasteiger partial charge in [-0.15, -0.1) is 11.3 Å². The Bertz CT molecular complexity index is 1190. The molecule has 3 aromatic rings. The van der Waals surface area contributed by atoms with E-state index in [0.717, 1.165) is 48.9 Å². The van der Waals surface area contributed by atoms with Crippen LogP contribution in [0.4, 0.5) is 5.69 Å². The van der Waals surface area contributed by atoms with Crippen LogP contribution in [-0.2, 0) is 21.2 Å². The highest BCUT2D eigenvalue weighted by atomic mass is 32.2. The number of hydrogen-bond donors (Lipinski definition) is 0. The number of benzene rings is 2. The van der Waals surface area contributed by atoms with Crippen LogP contribution in [-0.4, -0.2) is 79.4 Å². The minimum Gasteiger partial charge on any atom is -0.307 e. The summed E-state index contributed by atoms with van der Waals surface area (Å²) in [6.45, 7) is 4.51. The van der Waals surface area contributed by atoms with Gasteiger partial charge in [-0.05, 0) is 30.7 Å². The number of piperazine rings is 1. The number of sulfone groups is 1. The van der Waals surface area contributed by atoms with Gasteiger partial charge in [0.15, 0.2) is 9.84 Å². The van der Waals surface area contributed by atoms with E-state index in [-0.39, 0.29) is 23.5 Å². The molecule has 0 saturated carbocycles. The fourth-order valence-electron chi connectivity index (χ4n) is 4.68. The molecule has 0 bridgehead atoms. The summed E-state index contributed by atoms with van der Waals surface area (Å²) in [6, 6.07) is 17.4. The molecule has 0 radical (unpaired) electrons. The largest absolute Gasteiger partial charge is 0.307 e. The maximum absolute atomic E-state index is 13.3. The number of carbonyl (C=O) groups excluding carboxylic acids is 1. The predicted octanol–water partition coefficient (Wildman–Crippen LogP) is 2.63. The summed E-state index contributed by atoms with van der Waals surface area (Å²) in [5.74, 6) is 0.172. The molecule has 1 atom stereocenters. The summed E-state index contributed by atoms with van der Waals surface area (Å²) >= 11 is 1.74. The third kappa shape index (κ3) is 5.27. The number of hydrogen-bond acceptors (Lipinski definition) is 7. The van der Waals surface area contributed by atoms with Crippen molar-refractivity contribution in [1.29, 1.82) is 0 Å². The fraction of sp³-hybridized carbons (Fsp3) is 0.417. The van der Waals surface area contributed by atoms with Crippen molar-refractivity contribution in [1.82, 2.24) is 14.8 Å². The highest BCUT2D eigenvalue weighted by molar-refractivity contribution is 7.91.